The van der Waals surface area contributed by atoms with Crippen LogP contribution in [-0.4, -0.2) is 16.5 Å². The zero-order chi connectivity index (χ0) is 18.0. The average Bonchev–Trinajstić information content (AvgIpc) is 2.62. The summed E-state index contributed by atoms with van der Waals surface area (Å²) < 4.78 is 7.35. The number of hydrogen-bond acceptors (Lipinski definition) is 4. The Labute approximate surface area is 152 Å². The molecule has 5 nitrogen and oxygen atoms in total. The van der Waals surface area contributed by atoms with Gasteiger partial charge >= 0.3 is 5.97 Å². The molecule has 25 heavy (non-hydrogen) atoms. The Hall–Kier alpha value is -2.91. The van der Waals surface area contributed by atoms with Crippen LogP contribution in [0.15, 0.2) is 64.0 Å². The van der Waals surface area contributed by atoms with Gasteiger partial charge in [0.05, 0.1) is 0 Å². The minimum Gasteiger partial charge on any atom is -0.443 e. The molecule has 0 saturated heterocycles. The van der Waals surface area contributed by atoms with Gasteiger partial charge in [-0.1, -0.05) is 34.1 Å². The van der Waals surface area contributed by atoms with E-state index in [1.54, 1.807) is 24.4 Å². The molecule has 2 heterocycles. The van der Waals surface area contributed by atoms with Gasteiger partial charge in [0.1, 0.15) is 11.6 Å². The first kappa shape index (κ1) is 16.9. The summed E-state index contributed by atoms with van der Waals surface area (Å²) in [6.07, 6.45) is 0.647. The number of rotatable bonds is 3. The minimum atomic E-state index is -0.943. The Bertz CT molecular complexity index is 1050. The molecule has 1 unspecified atom stereocenters. The van der Waals surface area contributed by atoms with E-state index in [2.05, 4.69) is 15.9 Å². The monoisotopic (exact) mass is 396 g/mol. The zero-order valence-corrected chi connectivity index (χ0v) is 14.9. The largest absolute Gasteiger partial charge is 0.443 e. The summed E-state index contributed by atoms with van der Waals surface area (Å²) in [7, 11) is 0. The zero-order valence-electron chi connectivity index (χ0n) is 13.3. The number of esters is 1. The Morgan fingerprint density at radius 1 is 1.24 bits per heavy atom. The number of ether oxygens (including phenoxy) is 1. The van der Waals surface area contributed by atoms with Crippen molar-refractivity contribution in [2.45, 2.75) is 13.0 Å². The highest BCUT2D eigenvalue weighted by molar-refractivity contribution is 9.10. The van der Waals surface area contributed by atoms with E-state index in [4.69, 9.17) is 10.00 Å². The molecule has 3 aromatic rings. The maximum absolute atomic E-state index is 12.9. The van der Waals surface area contributed by atoms with Crippen LogP contribution in [0, 0.1) is 11.3 Å². The van der Waals surface area contributed by atoms with Gasteiger partial charge in [0.15, 0.2) is 6.10 Å². The lowest BCUT2D eigenvalue weighted by Gasteiger charge is -2.12. The van der Waals surface area contributed by atoms with Crippen molar-refractivity contribution in [1.82, 2.24) is 4.40 Å². The van der Waals surface area contributed by atoms with Gasteiger partial charge in [0.2, 0.25) is 0 Å². The van der Waals surface area contributed by atoms with Crippen LogP contribution >= 0.6 is 15.9 Å². The maximum atomic E-state index is 12.9. The molecule has 0 fully saturated rings. The number of nitriles is 1. The molecule has 0 bridgehead atoms. The molecule has 0 spiro atoms. The van der Waals surface area contributed by atoms with Crippen molar-refractivity contribution in [3.05, 3.63) is 75.1 Å². The predicted molar refractivity (Wildman–Crippen MR) is 97.3 cm³/mol. The van der Waals surface area contributed by atoms with Crippen molar-refractivity contribution < 1.29 is 9.53 Å². The summed E-state index contributed by atoms with van der Waals surface area (Å²) in [6.45, 7) is 1.45. The summed E-state index contributed by atoms with van der Waals surface area (Å²) in [4.78, 5) is 25.4. The van der Waals surface area contributed by atoms with Crippen LogP contribution in [0.2, 0.25) is 0 Å². The lowest BCUT2D eigenvalue weighted by Crippen LogP contribution is -2.26. The Morgan fingerprint density at radius 2 is 1.96 bits per heavy atom. The molecule has 0 aliphatic carbocycles. The molecule has 1 atom stereocenters. The van der Waals surface area contributed by atoms with Crippen LogP contribution in [0.4, 0.5) is 0 Å². The molecule has 3 rings (SSSR count). The fourth-order valence-corrected chi connectivity index (χ4v) is 2.78. The highest BCUT2D eigenvalue weighted by Gasteiger charge is 2.22. The number of carbonyl (C=O) groups excluding carboxylic acids is 1. The van der Waals surface area contributed by atoms with Gasteiger partial charge in [-0.3, -0.25) is 9.20 Å². The van der Waals surface area contributed by atoms with Crippen LogP contribution in [0.1, 0.15) is 17.3 Å². The van der Waals surface area contributed by atoms with Gasteiger partial charge in [-0.05, 0) is 42.8 Å². The van der Waals surface area contributed by atoms with E-state index in [1.807, 2.05) is 36.4 Å². The van der Waals surface area contributed by atoms with Crippen LogP contribution in [0.5, 0.6) is 0 Å². The van der Waals surface area contributed by atoms with E-state index in [1.165, 1.54) is 11.3 Å². The Morgan fingerprint density at radius 3 is 2.64 bits per heavy atom. The van der Waals surface area contributed by atoms with E-state index in [9.17, 15) is 9.59 Å². The standard InChI is InChI=1S/C19H13BrN2O3/c1-12(11-21)25-19(24)17-16(13-5-7-14(20)8-6-13)10-15-4-2-3-9-22(15)18(17)23/h2-10,12H,1H3. The van der Waals surface area contributed by atoms with Gasteiger partial charge in [-0.25, -0.2) is 4.79 Å². The third-order valence-corrected chi connectivity index (χ3v) is 4.24. The van der Waals surface area contributed by atoms with Crippen LogP contribution in [-0.2, 0) is 4.74 Å². The first-order chi connectivity index (χ1) is 12.0. The molecule has 124 valence electrons. The summed E-state index contributed by atoms with van der Waals surface area (Å²) >= 11 is 3.37. The molecule has 0 aliphatic rings. The molecule has 0 N–H and O–H groups in total. The Balaban J connectivity index is 2.28. The third kappa shape index (κ3) is 3.32. The van der Waals surface area contributed by atoms with Gasteiger partial charge in [0, 0.05) is 21.7 Å². The second kappa shape index (κ2) is 6.91. The molecule has 0 amide bonds. The van der Waals surface area contributed by atoms with Crippen LogP contribution in [0.25, 0.3) is 16.6 Å². The number of aromatic nitrogens is 1. The second-order valence-electron chi connectivity index (χ2n) is 5.42. The SMILES string of the molecule is CC(C#N)OC(=O)c1c(-c2ccc(Br)cc2)cc2ccccn2c1=O. The van der Waals surface area contributed by atoms with E-state index < -0.39 is 17.6 Å². The number of nitrogens with zero attached hydrogens (tertiary/aromatic N) is 2. The third-order valence-electron chi connectivity index (χ3n) is 3.71. The lowest BCUT2D eigenvalue weighted by molar-refractivity contribution is 0.0434. The van der Waals surface area contributed by atoms with Crippen molar-refractivity contribution in [2.75, 3.05) is 0 Å². The maximum Gasteiger partial charge on any atom is 0.345 e. The fourth-order valence-electron chi connectivity index (χ4n) is 2.51. The molecule has 6 heteroatoms. The van der Waals surface area contributed by atoms with Crippen molar-refractivity contribution in [3.63, 3.8) is 0 Å². The number of benzene rings is 1. The van der Waals surface area contributed by atoms with Gasteiger partial charge in [-0.15, -0.1) is 0 Å². The van der Waals surface area contributed by atoms with Crippen molar-refractivity contribution in [2.24, 2.45) is 0 Å². The van der Waals surface area contributed by atoms with Crippen LogP contribution in [0.3, 0.4) is 0 Å². The van der Waals surface area contributed by atoms with E-state index >= 15 is 0 Å². The number of carbonyl (C=O) groups is 1. The van der Waals surface area contributed by atoms with Gasteiger partial charge in [0.25, 0.3) is 5.56 Å². The van der Waals surface area contributed by atoms with Crippen molar-refractivity contribution >= 4 is 27.4 Å². The first-order valence-electron chi connectivity index (χ1n) is 7.52. The quantitative estimate of drug-likeness (QED) is 0.631. The van der Waals surface area contributed by atoms with Crippen molar-refractivity contribution in [3.8, 4) is 17.2 Å². The number of halogens is 1. The highest BCUT2D eigenvalue weighted by atomic mass is 79.9. The normalized spacial score (nSPS) is 11.7. The topological polar surface area (TPSA) is 71.6 Å². The summed E-state index contributed by atoms with van der Waals surface area (Å²) in [5, 5.41) is 8.87. The summed E-state index contributed by atoms with van der Waals surface area (Å²) in [5.74, 6) is -0.810. The fraction of sp³-hybridized carbons (Fsp3) is 0.105. The smallest absolute Gasteiger partial charge is 0.345 e. The predicted octanol–water partition coefficient (Wildman–Crippen LogP) is 3.80. The second-order valence-corrected chi connectivity index (χ2v) is 6.33. The van der Waals surface area contributed by atoms with E-state index in [-0.39, 0.29) is 5.56 Å². The van der Waals surface area contributed by atoms with Crippen molar-refractivity contribution in [1.29, 1.82) is 5.26 Å². The molecular formula is C19H13BrN2O3. The minimum absolute atomic E-state index is 0.0897. The first-order valence-corrected chi connectivity index (χ1v) is 8.31. The molecule has 1 aromatic carbocycles. The molecule has 0 radical (unpaired) electrons. The van der Waals surface area contributed by atoms with E-state index in [0.717, 1.165) is 4.47 Å². The number of fused-ring (bicyclic) bond motifs is 1. The molecular weight excluding hydrogens is 384 g/mol. The van der Waals surface area contributed by atoms with Crippen LogP contribution < -0.4 is 5.56 Å². The number of pyridine rings is 2. The summed E-state index contributed by atoms with van der Waals surface area (Å²) in [6, 6.07) is 16.2. The molecule has 2 aromatic heterocycles. The number of hydrogen-bond donors (Lipinski definition) is 0. The summed E-state index contributed by atoms with van der Waals surface area (Å²) in [5.41, 5.74) is 1.27. The van der Waals surface area contributed by atoms with Gasteiger partial charge in [-0.2, -0.15) is 5.26 Å². The Kier molecular flexibility index (Phi) is 4.68. The van der Waals surface area contributed by atoms with E-state index in [0.29, 0.717) is 16.6 Å². The molecule has 0 aliphatic heterocycles. The average molecular weight is 397 g/mol. The molecule has 0 saturated carbocycles. The lowest BCUT2D eigenvalue weighted by atomic mass is 10.0. The highest BCUT2D eigenvalue weighted by Crippen LogP contribution is 2.26. The van der Waals surface area contributed by atoms with Gasteiger partial charge < -0.3 is 4.74 Å².